The van der Waals surface area contributed by atoms with E-state index in [1.807, 2.05) is 0 Å². The van der Waals surface area contributed by atoms with Crippen LogP contribution in [0.5, 0.6) is 0 Å². The van der Waals surface area contributed by atoms with Crippen LogP contribution in [0.1, 0.15) is 22.5 Å². The molecular weight excluding hydrogens is 236 g/mol. The van der Waals surface area contributed by atoms with Crippen LogP contribution in [0.2, 0.25) is 0 Å². The number of likely N-dealkylation sites (tertiary alicyclic amines) is 1. The third kappa shape index (κ3) is 2.44. The molecule has 0 radical (unpaired) electrons. The minimum atomic E-state index is -0.464. The number of hydrogen-bond acceptors (Lipinski definition) is 4. The molecule has 2 heterocycles. The third-order valence-corrected chi connectivity index (χ3v) is 3.04. The number of amides is 2. The summed E-state index contributed by atoms with van der Waals surface area (Å²) in [5.41, 5.74) is 1.33. The number of rotatable bonds is 2. The maximum absolute atomic E-state index is 12.2. The van der Waals surface area contributed by atoms with Crippen molar-refractivity contribution in [2.24, 2.45) is 0 Å². The molecule has 2 N–H and O–H groups in total. The van der Waals surface area contributed by atoms with Gasteiger partial charge >= 0.3 is 6.09 Å². The summed E-state index contributed by atoms with van der Waals surface area (Å²) in [5.74, 6) is -0.0598. The molecule has 1 atom stereocenters. The standard InChI is InChI=1S/C11H16N4O3/c1-7-9(5-12-14-7)10(16)15-4-3-8(6-15)13-11(17)18-2/h5,8H,3-4,6H2,1-2H3,(H,12,14)(H,13,17). The quantitative estimate of drug-likeness (QED) is 0.792. The fourth-order valence-electron chi connectivity index (χ4n) is 2.02. The molecule has 0 saturated carbocycles. The number of carbonyl (C=O) groups is 2. The summed E-state index contributed by atoms with van der Waals surface area (Å²) in [6.45, 7) is 2.93. The van der Waals surface area contributed by atoms with Crippen LogP contribution < -0.4 is 5.32 Å². The van der Waals surface area contributed by atoms with Crippen LogP contribution >= 0.6 is 0 Å². The van der Waals surface area contributed by atoms with Gasteiger partial charge in [0.25, 0.3) is 5.91 Å². The molecule has 18 heavy (non-hydrogen) atoms. The highest BCUT2D eigenvalue weighted by Gasteiger charge is 2.29. The van der Waals surface area contributed by atoms with Gasteiger partial charge in [0.2, 0.25) is 0 Å². The van der Waals surface area contributed by atoms with Crippen molar-refractivity contribution in [1.29, 1.82) is 0 Å². The zero-order valence-corrected chi connectivity index (χ0v) is 10.4. The Morgan fingerprint density at radius 1 is 1.61 bits per heavy atom. The van der Waals surface area contributed by atoms with Crippen molar-refractivity contribution in [1.82, 2.24) is 20.4 Å². The largest absolute Gasteiger partial charge is 0.453 e. The number of nitrogens with zero attached hydrogens (tertiary/aromatic N) is 2. The molecule has 98 valence electrons. The Hall–Kier alpha value is -2.05. The Morgan fingerprint density at radius 3 is 3.00 bits per heavy atom. The van der Waals surface area contributed by atoms with Gasteiger partial charge in [-0.2, -0.15) is 5.10 Å². The van der Waals surface area contributed by atoms with Gasteiger partial charge in [-0.1, -0.05) is 0 Å². The first-order valence-corrected chi connectivity index (χ1v) is 5.75. The molecule has 1 unspecified atom stereocenters. The Bertz CT molecular complexity index is 457. The first-order chi connectivity index (χ1) is 8.61. The molecule has 0 bridgehead atoms. The number of H-pyrrole nitrogens is 1. The minimum Gasteiger partial charge on any atom is -0.453 e. The van der Waals surface area contributed by atoms with E-state index in [2.05, 4.69) is 20.3 Å². The van der Waals surface area contributed by atoms with Crippen LogP contribution in [0, 0.1) is 6.92 Å². The summed E-state index contributed by atoms with van der Waals surface area (Å²) < 4.78 is 4.53. The van der Waals surface area contributed by atoms with E-state index < -0.39 is 6.09 Å². The van der Waals surface area contributed by atoms with Crippen LogP contribution in [0.3, 0.4) is 0 Å². The number of hydrogen-bond donors (Lipinski definition) is 2. The van der Waals surface area contributed by atoms with Gasteiger partial charge in [-0.3, -0.25) is 9.89 Å². The molecule has 2 rings (SSSR count). The molecule has 1 aromatic heterocycles. The molecule has 1 aliphatic heterocycles. The highest BCUT2D eigenvalue weighted by Crippen LogP contribution is 2.14. The molecule has 1 saturated heterocycles. The van der Waals surface area contributed by atoms with E-state index in [-0.39, 0.29) is 11.9 Å². The first kappa shape index (κ1) is 12.4. The molecule has 7 heteroatoms. The predicted octanol–water partition coefficient (Wildman–Crippen LogP) is 0.289. The van der Waals surface area contributed by atoms with Crippen LogP contribution in [-0.4, -0.2) is 53.3 Å². The fraction of sp³-hybridized carbons (Fsp3) is 0.545. The summed E-state index contributed by atoms with van der Waals surface area (Å²) in [5, 5.41) is 9.27. The fourth-order valence-corrected chi connectivity index (χ4v) is 2.02. The predicted molar refractivity (Wildman–Crippen MR) is 63.2 cm³/mol. The Morgan fingerprint density at radius 2 is 2.39 bits per heavy atom. The van der Waals surface area contributed by atoms with Crippen molar-refractivity contribution in [3.8, 4) is 0 Å². The molecule has 1 aromatic rings. The van der Waals surface area contributed by atoms with E-state index in [0.29, 0.717) is 18.7 Å². The molecule has 0 spiro atoms. The Kier molecular flexibility index (Phi) is 3.50. The molecule has 1 aliphatic rings. The lowest BCUT2D eigenvalue weighted by molar-refractivity contribution is 0.0787. The second-order valence-corrected chi connectivity index (χ2v) is 4.28. The van der Waals surface area contributed by atoms with Gasteiger partial charge in [0, 0.05) is 18.8 Å². The molecule has 0 aromatic carbocycles. The van der Waals surface area contributed by atoms with Gasteiger partial charge in [0.05, 0.1) is 24.9 Å². The van der Waals surface area contributed by atoms with Crippen LogP contribution in [0.25, 0.3) is 0 Å². The van der Waals surface area contributed by atoms with E-state index in [4.69, 9.17) is 0 Å². The van der Waals surface area contributed by atoms with E-state index in [1.165, 1.54) is 13.3 Å². The van der Waals surface area contributed by atoms with Crippen molar-refractivity contribution < 1.29 is 14.3 Å². The summed E-state index contributed by atoms with van der Waals surface area (Å²) in [6.07, 6.45) is 1.80. The van der Waals surface area contributed by atoms with Gasteiger partial charge in [-0.25, -0.2) is 4.79 Å². The molecule has 0 aliphatic carbocycles. The topological polar surface area (TPSA) is 87.3 Å². The van der Waals surface area contributed by atoms with Crippen LogP contribution in [0.15, 0.2) is 6.20 Å². The molecule has 1 fully saturated rings. The van der Waals surface area contributed by atoms with Gasteiger partial charge in [-0.05, 0) is 13.3 Å². The molecular formula is C11H16N4O3. The maximum atomic E-state index is 12.2. The average Bonchev–Trinajstić information content (AvgIpc) is 2.97. The number of carbonyl (C=O) groups excluding carboxylic acids is 2. The Labute approximate surface area is 104 Å². The maximum Gasteiger partial charge on any atom is 0.407 e. The van der Waals surface area contributed by atoms with E-state index in [0.717, 1.165) is 12.1 Å². The van der Waals surface area contributed by atoms with E-state index in [1.54, 1.807) is 11.8 Å². The Balaban J connectivity index is 1.95. The van der Waals surface area contributed by atoms with Gasteiger partial charge in [0.15, 0.2) is 0 Å². The van der Waals surface area contributed by atoms with Crippen molar-refractivity contribution in [3.63, 3.8) is 0 Å². The highest BCUT2D eigenvalue weighted by atomic mass is 16.5. The average molecular weight is 252 g/mol. The summed E-state index contributed by atoms with van der Waals surface area (Å²) in [4.78, 5) is 24.9. The smallest absolute Gasteiger partial charge is 0.407 e. The SMILES string of the molecule is COC(=O)NC1CCN(C(=O)c2cn[nH]c2C)C1. The van der Waals surface area contributed by atoms with Crippen LogP contribution in [-0.2, 0) is 4.74 Å². The number of ether oxygens (including phenoxy) is 1. The van der Waals surface area contributed by atoms with Gasteiger partial charge < -0.3 is 15.0 Å². The normalized spacial score (nSPS) is 18.8. The number of alkyl carbamates (subject to hydrolysis) is 1. The van der Waals surface area contributed by atoms with Crippen molar-refractivity contribution in [3.05, 3.63) is 17.5 Å². The summed E-state index contributed by atoms with van der Waals surface area (Å²) in [7, 11) is 1.32. The molecule has 2 amide bonds. The minimum absolute atomic E-state index is 0.0476. The monoisotopic (exact) mass is 252 g/mol. The van der Waals surface area contributed by atoms with Crippen LogP contribution in [0.4, 0.5) is 4.79 Å². The highest BCUT2D eigenvalue weighted by molar-refractivity contribution is 5.95. The lowest BCUT2D eigenvalue weighted by Crippen LogP contribution is -2.38. The first-order valence-electron chi connectivity index (χ1n) is 5.75. The second kappa shape index (κ2) is 5.07. The summed E-state index contributed by atoms with van der Waals surface area (Å²) >= 11 is 0. The van der Waals surface area contributed by atoms with E-state index >= 15 is 0 Å². The number of aromatic amines is 1. The van der Waals surface area contributed by atoms with Crippen molar-refractivity contribution in [2.45, 2.75) is 19.4 Å². The number of aryl methyl sites for hydroxylation is 1. The van der Waals surface area contributed by atoms with Crippen molar-refractivity contribution >= 4 is 12.0 Å². The van der Waals surface area contributed by atoms with Crippen molar-refractivity contribution in [2.75, 3.05) is 20.2 Å². The third-order valence-electron chi connectivity index (χ3n) is 3.04. The lowest BCUT2D eigenvalue weighted by atomic mass is 10.2. The lowest BCUT2D eigenvalue weighted by Gasteiger charge is -2.16. The zero-order valence-electron chi connectivity index (χ0n) is 10.4. The number of nitrogens with one attached hydrogen (secondary N) is 2. The van der Waals surface area contributed by atoms with Gasteiger partial charge in [0.1, 0.15) is 0 Å². The molecule has 7 nitrogen and oxygen atoms in total. The summed E-state index contributed by atoms with van der Waals surface area (Å²) in [6, 6.07) is -0.0476. The number of methoxy groups -OCH3 is 1. The van der Waals surface area contributed by atoms with E-state index in [9.17, 15) is 9.59 Å². The van der Waals surface area contributed by atoms with Gasteiger partial charge in [-0.15, -0.1) is 0 Å². The second-order valence-electron chi connectivity index (χ2n) is 4.28. The number of aromatic nitrogens is 2. The zero-order chi connectivity index (χ0) is 13.1.